The highest BCUT2D eigenvalue weighted by atomic mass is 32.2. The molecule has 0 aliphatic carbocycles. The van der Waals surface area contributed by atoms with Gasteiger partial charge in [0.15, 0.2) is 0 Å². The molecule has 0 aromatic heterocycles. The molecule has 0 aliphatic rings. The quantitative estimate of drug-likeness (QED) is 0.477. The summed E-state index contributed by atoms with van der Waals surface area (Å²) in [4.78, 5) is 9.77. The number of nitrogens with zero attached hydrogens (tertiary/aromatic N) is 1. The van der Waals surface area contributed by atoms with Gasteiger partial charge in [-0.3, -0.25) is 10.1 Å². The van der Waals surface area contributed by atoms with Crippen molar-refractivity contribution in [3.8, 4) is 0 Å². The molecule has 0 fully saturated rings. The lowest BCUT2D eigenvalue weighted by molar-refractivity contribution is -0.384. The summed E-state index contributed by atoms with van der Waals surface area (Å²) in [6.45, 7) is 5.24. The van der Waals surface area contributed by atoms with Crippen molar-refractivity contribution in [3.05, 3.63) is 34.4 Å². The van der Waals surface area contributed by atoms with Crippen LogP contribution in [-0.2, 0) is 14.0 Å². The first-order chi connectivity index (χ1) is 7.62. The zero-order valence-corrected chi connectivity index (χ0v) is 11.5. The van der Waals surface area contributed by atoms with E-state index in [0.29, 0.717) is 0 Å². The zero-order valence-electron chi connectivity index (χ0n) is 9.71. The number of nitro benzene ring substituents is 1. The first-order valence-electron chi connectivity index (χ1n) is 4.82. The minimum Gasteiger partial charge on any atom is -0.312 e. The summed E-state index contributed by atoms with van der Waals surface area (Å²) in [5.74, 6) is 0. The van der Waals surface area contributed by atoms with Crippen LogP contribution in [0.5, 0.6) is 0 Å². The molecule has 0 saturated heterocycles. The van der Waals surface area contributed by atoms with Gasteiger partial charge in [-0.1, -0.05) is 0 Å². The van der Waals surface area contributed by atoms with Crippen molar-refractivity contribution in [3.63, 3.8) is 0 Å². The molecule has 0 heterocycles. The summed E-state index contributed by atoms with van der Waals surface area (Å²) in [6, 6.07) is 4.63. The fourth-order valence-electron chi connectivity index (χ4n) is 1.11. The first-order valence-corrected chi connectivity index (χ1v) is 9.63. The third-order valence-electron chi connectivity index (χ3n) is 1.70. The Hall–Kier alpha value is -1.25. The molecule has 0 atom stereocenters. The van der Waals surface area contributed by atoms with Gasteiger partial charge in [-0.25, -0.2) is 0 Å². The summed E-state index contributed by atoms with van der Waals surface area (Å²) in [5.41, 5.74) is -0.156. The molecule has 0 amide bonds. The molecular weight excluding hydrogens is 262 g/mol. The van der Waals surface area contributed by atoms with E-state index in [1.54, 1.807) is 19.6 Å². The summed E-state index contributed by atoms with van der Waals surface area (Å²) in [7, 11) is -6.05. The van der Waals surface area contributed by atoms with Crippen LogP contribution in [0.2, 0.25) is 19.6 Å². The minimum atomic E-state index is -3.82. The fourth-order valence-corrected chi connectivity index (χ4v) is 4.60. The Morgan fingerprint density at radius 3 is 2.00 bits per heavy atom. The Morgan fingerprint density at radius 2 is 1.65 bits per heavy atom. The highest BCUT2D eigenvalue weighted by Gasteiger charge is 2.26. The molecule has 0 radical (unpaired) electrons. The molecule has 0 N–H and O–H groups in total. The number of benzene rings is 1. The molecule has 0 unspecified atom stereocenters. The highest BCUT2D eigenvalue weighted by molar-refractivity contribution is 7.87. The fraction of sp³-hybridized carbons (Fsp3) is 0.333. The van der Waals surface area contributed by atoms with Gasteiger partial charge in [0, 0.05) is 12.1 Å². The summed E-state index contributed by atoms with van der Waals surface area (Å²) < 4.78 is 28.6. The van der Waals surface area contributed by atoms with Crippen LogP contribution in [0, 0.1) is 10.1 Å². The summed E-state index contributed by atoms with van der Waals surface area (Å²) in [5, 5.41) is 10.4. The Morgan fingerprint density at radius 1 is 1.18 bits per heavy atom. The number of non-ortho nitro benzene ring substituents is 1. The van der Waals surface area contributed by atoms with Crippen LogP contribution < -0.4 is 0 Å². The van der Waals surface area contributed by atoms with Crippen molar-refractivity contribution in [2.45, 2.75) is 24.5 Å². The number of hydrogen-bond donors (Lipinski definition) is 0. The Kier molecular flexibility index (Phi) is 3.70. The normalized spacial score (nSPS) is 12.4. The average molecular weight is 275 g/mol. The van der Waals surface area contributed by atoms with Crippen molar-refractivity contribution in [1.29, 1.82) is 0 Å². The van der Waals surface area contributed by atoms with E-state index in [1.165, 1.54) is 12.1 Å². The van der Waals surface area contributed by atoms with Gasteiger partial charge in [0.25, 0.3) is 15.8 Å². The van der Waals surface area contributed by atoms with Crippen LogP contribution in [0.4, 0.5) is 5.69 Å². The van der Waals surface area contributed by atoms with E-state index in [1.807, 2.05) is 0 Å². The van der Waals surface area contributed by atoms with Gasteiger partial charge < -0.3 is 3.87 Å². The van der Waals surface area contributed by atoms with Crippen molar-refractivity contribution in [1.82, 2.24) is 0 Å². The van der Waals surface area contributed by atoms with Gasteiger partial charge in [-0.15, -0.1) is 0 Å². The monoisotopic (exact) mass is 275 g/mol. The molecular formula is C9H13NO5SSi. The molecule has 1 rings (SSSR count). The van der Waals surface area contributed by atoms with E-state index in [0.717, 1.165) is 12.1 Å². The Bertz CT molecular complexity index is 517. The lowest BCUT2D eigenvalue weighted by Crippen LogP contribution is -2.29. The van der Waals surface area contributed by atoms with Crippen LogP contribution in [0.3, 0.4) is 0 Å². The maximum Gasteiger partial charge on any atom is 0.287 e. The van der Waals surface area contributed by atoms with Crippen LogP contribution in [0.15, 0.2) is 29.2 Å². The molecule has 0 bridgehead atoms. The molecule has 0 spiro atoms. The average Bonchev–Trinajstić information content (AvgIpc) is 2.14. The van der Waals surface area contributed by atoms with E-state index < -0.39 is 23.4 Å². The second-order valence-electron chi connectivity index (χ2n) is 4.40. The molecule has 1 aromatic rings. The van der Waals surface area contributed by atoms with Gasteiger partial charge in [-0.05, 0) is 31.8 Å². The Labute approximate surface area is 101 Å². The zero-order chi connectivity index (χ0) is 13.3. The maximum absolute atomic E-state index is 11.8. The molecule has 6 nitrogen and oxygen atoms in total. The predicted molar refractivity (Wildman–Crippen MR) is 64.7 cm³/mol. The standard InChI is InChI=1S/C9H13NO5SSi/c1-17(2,3)15-16(13,14)9-6-4-8(5-7-9)10(11)12/h4-7H,1-3H3. The molecule has 17 heavy (non-hydrogen) atoms. The van der Waals surface area contributed by atoms with E-state index >= 15 is 0 Å². The SMILES string of the molecule is C[Si](C)(C)OS(=O)(=O)c1ccc([N+](=O)[O-])cc1. The van der Waals surface area contributed by atoms with E-state index in [2.05, 4.69) is 0 Å². The largest absolute Gasteiger partial charge is 0.312 e. The number of hydrogen-bond acceptors (Lipinski definition) is 5. The van der Waals surface area contributed by atoms with Gasteiger partial charge in [-0.2, -0.15) is 8.42 Å². The predicted octanol–water partition coefficient (Wildman–Crippen LogP) is 2.13. The van der Waals surface area contributed by atoms with Gasteiger partial charge in [0.2, 0.25) is 8.32 Å². The second kappa shape index (κ2) is 4.55. The summed E-state index contributed by atoms with van der Waals surface area (Å²) in [6.07, 6.45) is 0. The van der Waals surface area contributed by atoms with Crippen molar-refractivity contribution < 1.29 is 17.2 Å². The first kappa shape index (κ1) is 13.8. The lowest BCUT2D eigenvalue weighted by Gasteiger charge is -2.16. The number of rotatable bonds is 4. The maximum atomic E-state index is 11.8. The molecule has 0 aliphatic heterocycles. The van der Waals surface area contributed by atoms with Crippen LogP contribution >= 0.6 is 0 Å². The lowest BCUT2D eigenvalue weighted by atomic mass is 10.3. The topological polar surface area (TPSA) is 86.5 Å². The highest BCUT2D eigenvalue weighted by Crippen LogP contribution is 2.20. The van der Waals surface area contributed by atoms with E-state index in [-0.39, 0.29) is 10.6 Å². The number of nitro groups is 1. The van der Waals surface area contributed by atoms with Crippen molar-refractivity contribution >= 4 is 24.1 Å². The van der Waals surface area contributed by atoms with Gasteiger partial charge in [0.05, 0.1) is 9.82 Å². The van der Waals surface area contributed by atoms with Gasteiger partial charge >= 0.3 is 0 Å². The minimum absolute atomic E-state index is 0.0643. The third-order valence-corrected chi connectivity index (χ3v) is 5.42. The molecule has 1 aromatic carbocycles. The van der Waals surface area contributed by atoms with Gasteiger partial charge in [0.1, 0.15) is 0 Å². The molecule has 8 heteroatoms. The Balaban J connectivity index is 3.05. The van der Waals surface area contributed by atoms with Crippen LogP contribution in [0.25, 0.3) is 0 Å². The molecule has 94 valence electrons. The van der Waals surface area contributed by atoms with Crippen molar-refractivity contribution in [2.75, 3.05) is 0 Å². The molecule has 0 saturated carbocycles. The van der Waals surface area contributed by atoms with E-state index in [9.17, 15) is 18.5 Å². The van der Waals surface area contributed by atoms with Crippen LogP contribution in [-0.4, -0.2) is 21.7 Å². The van der Waals surface area contributed by atoms with Crippen molar-refractivity contribution in [2.24, 2.45) is 0 Å². The smallest absolute Gasteiger partial charge is 0.287 e. The van der Waals surface area contributed by atoms with Crippen LogP contribution in [0.1, 0.15) is 0 Å². The van der Waals surface area contributed by atoms with E-state index in [4.69, 9.17) is 3.87 Å². The summed E-state index contributed by atoms with van der Waals surface area (Å²) >= 11 is 0. The third kappa shape index (κ3) is 3.91. The second-order valence-corrected chi connectivity index (χ2v) is 10.7.